The molecule has 0 spiro atoms. The van der Waals surface area contributed by atoms with Crippen LogP contribution >= 0.6 is 0 Å². The maximum Gasteiger partial charge on any atom is 0.326 e. The minimum Gasteiger partial charge on any atom is -0.480 e. The van der Waals surface area contributed by atoms with Crippen LogP contribution in [-0.4, -0.2) is 41.9 Å². The number of aliphatic hydroxyl groups excluding tert-OH is 1. The molecule has 3 N–H and O–H groups in total. The summed E-state index contributed by atoms with van der Waals surface area (Å²) in [6.45, 7) is 1.74. The first kappa shape index (κ1) is 16.0. The fourth-order valence-corrected chi connectivity index (χ4v) is 1.70. The van der Waals surface area contributed by atoms with Crippen molar-refractivity contribution >= 4 is 17.7 Å². The van der Waals surface area contributed by atoms with E-state index in [0.717, 1.165) is 12.0 Å². The van der Waals surface area contributed by atoms with E-state index in [-0.39, 0.29) is 13.0 Å². The number of aliphatic hydroxyl groups is 1. The molecular weight excluding hydrogens is 260 g/mol. The van der Waals surface area contributed by atoms with Gasteiger partial charge in [0.15, 0.2) is 0 Å². The number of nitrogens with zero attached hydrogens (tertiary/aromatic N) is 1. The van der Waals surface area contributed by atoms with Crippen LogP contribution in [0, 0.1) is 0 Å². The van der Waals surface area contributed by atoms with Crippen molar-refractivity contribution in [3.8, 4) is 0 Å². The summed E-state index contributed by atoms with van der Waals surface area (Å²) in [6.07, 6.45) is 0.886. The van der Waals surface area contributed by atoms with Gasteiger partial charge < -0.3 is 15.5 Å². The molecular formula is C14H20N2O4. The molecule has 0 saturated heterocycles. The van der Waals surface area contributed by atoms with Gasteiger partial charge in [-0.1, -0.05) is 19.1 Å². The van der Waals surface area contributed by atoms with Crippen molar-refractivity contribution in [2.24, 2.45) is 0 Å². The van der Waals surface area contributed by atoms with E-state index in [2.05, 4.69) is 5.32 Å². The minimum atomic E-state index is -1.16. The molecule has 1 atom stereocenters. The lowest BCUT2D eigenvalue weighted by atomic mass is 10.1. The second-order valence-corrected chi connectivity index (χ2v) is 4.43. The highest BCUT2D eigenvalue weighted by atomic mass is 16.4. The van der Waals surface area contributed by atoms with Crippen molar-refractivity contribution < 1.29 is 19.8 Å². The molecule has 0 saturated carbocycles. The van der Waals surface area contributed by atoms with Crippen LogP contribution in [0.3, 0.4) is 0 Å². The topological polar surface area (TPSA) is 89.9 Å². The molecule has 0 heterocycles. The quantitative estimate of drug-likeness (QED) is 0.731. The third-order valence-electron chi connectivity index (χ3n) is 3.05. The molecule has 20 heavy (non-hydrogen) atoms. The Morgan fingerprint density at radius 3 is 2.35 bits per heavy atom. The van der Waals surface area contributed by atoms with Crippen LogP contribution in [0.2, 0.25) is 0 Å². The van der Waals surface area contributed by atoms with E-state index < -0.39 is 18.0 Å². The Balaban J connectivity index is 2.71. The number of hydrogen-bond donors (Lipinski definition) is 3. The zero-order valence-electron chi connectivity index (χ0n) is 11.7. The molecule has 6 nitrogen and oxygen atoms in total. The largest absolute Gasteiger partial charge is 0.480 e. The third-order valence-corrected chi connectivity index (χ3v) is 3.05. The maximum atomic E-state index is 12.0. The number of hydrogen-bond acceptors (Lipinski definition) is 3. The Kier molecular flexibility index (Phi) is 5.99. The van der Waals surface area contributed by atoms with E-state index >= 15 is 0 Å². The normalized spacial score (nSPS) is 11.8. The van der Waals surface area contributed by atoms with Gasteiger partial charge in [0.25, 0.3) is 0 Å². The van der Waals surface area contributed by atoms with Crippen molar-refractivity contribution in [2.45, 2.75) is 25.8 Å². The molecule has 0 aliphatic rings. The molecule has 0 bridgehead atoms. The summed E-state index contributed by atoms with van der Waals surface area (Å²) in [7, 11) is 1.56. The molecule has 2 amide bonds. The second-order valence-electron chi connectivity index (χ2n) is 4.43. The number of aliphatic carboxylic acids is 1. The Labute approximate surface area is 118 Å². The summed E-state index contributed by atoms with van der Waals surface area (Å²) < 4.78 is 0. The Morgan fingerprint density at radius 1 is 1.30 bits per heavy atom. The van der Waals surface area contributed by atoms with Crippen molar-refractivity contribution in [3.63, 3.8) is 0 Å². The average molecular weight is 280 g/mol. The summed E-state index contributed by atoms with van der Waals surface area (Å²) in [5.41, 5.74) is 1.83. The first-order valence-electron chi connectivity index (χ1n) is 6.46. The monoisotopic (exact) mass is 280 g/mol. The van der Waals surface area contributed by atoms with Gasteiger partial charge in [-0.2, -0.15) is 0 Å². The molecule has 0 aliphatic heterocycles. The fourth-order valence-electron chi connectivity index (χ4n) is 1.70. The Morgan fingerprint density at radius 2 is 1.90 bits per heavy atom. The summed E-state index contributed by atoms with van der Waals surface area (Å²) in [6, 6.07) is 5.84. The number of carbonyl (C=O) groups is 2. The number of benzene rings is 1. The highest BCUT2D eigenvalue weighted by Crippen LogP contribution is 2.14. The standard InChI is InChI=1S/C14H20N2O4/c1-3-10-4-6-11(7-5-10)16(2)14(20)15-12(8-9-17)13(18)19/h4-7,12,17H,3,8-9H2,1-2H3,(H,15,20)(H,18,19)/t12-/m1/s1. The van der Waals surface area contributed by atoms with Gasteiger partial charge in [0.1, 0.15) is 6.04 Å². The molecule has 0 aromatic heterocycles. The van der Waals surface area contributed by atoms with Crippen LogP contribution in [0.5, 0.6) is 0 Å². The lowest BCUT2D eigenvalue weighted by Crippen LogP contribution is -2.47. The first-order chi connectivity index (χ1) is 9.49. The van der Waals surface area contributed by atoms with Gasteiger partial charge in [0.05, 0.1) is 0 Å². The first-order valence-corrected chi connectivity index (χ1v) is 6.46. The molecule has 1 aromatic carbocycles. The van der Waals surface area contributed by atoms with Gasteiger partial charge >= 0.3 is 12.0 Å². The predicted molar refractivity (Wildman–Crippen MR) is 75.9 cm³/mol. The van der Waals surface area contributed by atoms with Crippen LogP contribution in [-0.2, 0) is 11.2 Å². The Hall–Kier alpha value is -2.08. The molecule has 1 rings (SSSR count). The van der Waals surface area contributed by atoms with Crippen LogP contribution in [0.1, 0.15) is 18.9 Å². The zero-order valence-corrected chi connectivity index (χ0v) is 11.7. The van der Waals surface area contributed by atoms with Crippen LogP contribution in [0.15, 0.2) is 24.3 Å². The summed E-state index contributed by atoms with van der Waals surface area (Å²) in [5.74, 6) is -1.16. The third kappa shape index (κ3) is 4.24. The van der Waals surface area contributed by atoms with Gasteiger partial charge in [-0.3, -0.25) is 4.90 Å². The van der Waals surface area contributed by atoms with Crippen molar-refractivity contribution in [1.29, 1.82) is 0 Å². The predicted octanol–water partition coefficient (Wildman–Crippen LogP) is 1.23. The number of anilines is 1. The maximum absolute atomic E-state index is 12.0. The highest BCUT2D eigenvalue weighted by molar-refractivity contribution is 5.93. The van der Waals surface area contributed by atoms with E-state index in [0.29, 0.717) is 5.69 Å². The number of carboxylic acid groups (broad SMARTS) is 1. The Bertz CT molecular complexity index is 459. The highest BCUT2D eigenvalue weighted by Gasteiger charge is 2.21. The molecule has 0 fully saturated rings. The fraction of sp³-hybridized carbons (Fsp3) is 0.429. The summed E-state index contributed by atoms with van der Waals surface area (Å²) >= 11 is 0. The molecule has 6 heteroatoms. The van der Waals surface area contributed by atoms with Gasteiger partial charge in [0.2, 0.25) is 0 Å². The van der Waals surface area contributed by atoms with Crippen molar-refractivity contribution in [2.75, 3.05) is 18.6 Å². The SMILES string of the molecule is CCc1ccc(N(C)C(=O)N[C@H](CCO)C(=O)O)cc1. The number of amides is 2. The van der Waals surface area contributed by atoms with Crippen molar-refractivity contribution in [3.05, 3.63) is 29.8 Å². The van der Waals surface area contributed by atoms with Crippen LogP contribution in [0.4, 0.5) is 10.5 Å². The van der Waals surface area contributed by atoms with Gasteiger partial charge in [-0.05, 0) is 24.1 Å². The summed E-state index contributed by atoms with van der Waals surface area (Å²) in [5, 5.41) is 20.1. The molecule has 0 unspecified atom stereocenters. The van der Waals surface area contributed by atoms with E-state index in [4.69, 9.17) is 10.2 Å². The summed E-state index contributed by atoms with van der Waals surface area (Å²) in [4.78, 5) is 24.2. The number of aryl methyl sites for hydroxylation is 1. The van der Waals surface area contributed by atoms with Crippen molar-refractivity contribution in [1.82, 2.24) is 5.32 Å². The van der Waals surface area contributed by atoms with E-state index in [9.17, 15) is 9.59 Å². The van der Waals surface area contributed by atoms with Gasteiger partial charge in [0, 0.05) is 25.8 Å². The number of rotatable bonds is 6. The number of nitrogens with one attached hydrogen (secondary N) is 1. The minimum absolute atomic E-state index is 0.0241. The smallest absolute Gasteiger partial charge is 0.326 e. The number of carbonyl (C=O) groups excluding carboxylic acids is 1. The van der Waals surface area contributed by atoms with E-state index in [1.807, 2.05) is 19.1 Å². The number of urea groups is 1. The van der Waals surface area contributed by atoms with E-state index in [1.165, 1.54) is 4.90 Å². The van der Waals surface area contributed by atoms with E-state index in [1.54, 1.807) is 19.2 Å². The molecule has 0 aliphatic carbocycles. The second kappa shape index (κ2) is 7.49. The molecule has 0 radical (unpaired) electrons. The van der Waals surface area contributed by atoms with Crippen LogP contribution < -0.4 is 10.2 Å². The lowest BCUT2D eigenvalue weighted by molar-refractivity contribution is -0.139. The number of carboxylic acids is 1. The molecule has 110 valence electrons. The molecule has 1 aromatic rings. The van der Waals surface area contributed by atoms with Gasteiger partial charge in [-0.15, -0.1) is 0 Å². The lowest BCUT2D eigenvalue weighted by Gasteiger charge is -2.21. The van der Waals surface area contributed by atoms with Crippen LogP contribution in [0.25, 0.3) is 0 Å². The zero-order chi connectivity index (χ0) is 15.1. The average Bonchev–Trinajstić information content (AvgIpc) is 2.45. The van der Waals surface area contributed by atoms with Gasteiger partial charge in [-0.25, -0.2) is 9.59 Å².